The molecule has 6 nitrogen and oxygen atoms in total. The lowest BCUT2D eigenvalue weighted by atomic mass is 9.70. The molecule has 2 amide bonds. The van der Waals surface area contributed by atoms with Crippen LogP contribution in [-0.2, 0) is 14.4 Å². The largest absolute Gasteiger partial charge is 0.481 e. The molecular weight excluding hydrogens is 428 g/mol. The average molecular weight is 463 g/mol. The molecule has 2 fully saturated rings. The van der Waals surface area contributed by atoms with Gasteiger partial charge in [-0.1, -0.05) is 51.4 Å². The highest BCUT2D eigenvalue weighted by atomic mass is 35.5. The Morgan fingerprint density at radius 3 is 2.25 bits per heavy atom. The van der Waals surface area contributed by atoms with Crippen LogP contribution in [0.25, 0.3) is 0 Å². The van der Waals surface area contributed by atoms with Crippen molar-refractivity contribution in [3.63, 3.8) is 0 Å². The van der Waals surface area contributed by atoms with Gasteiger partial charge in [0.25, 0.3) is 0 Å². The van der Waals surface area contributed by atoms with Crippen molar-refractivity contribution in [3.05, 3.63) is 34.9 Å². The van der Waals surface area contributed by atoms with E-state index in [2.05, 4.69) is 31.3 Å². The molecule has 1 saturated heterocycles. The van der Waals surface area contributed by atoms with Gasteiger partial charge in [-0.2, -0.15) is 0 Å². The van der Waals surface area contributed by atoms with Crippen LogP contribution < -0.4 is 5.32 Å². The van der Waals surface area contributed by atoms with Gasteiger partial charge < -0.3 is 15.3 Å². The third-order valence-corrected chi connectivity index (χ3v) is 7.45. The zero-order valence-corrected chi connectivity index (χ0v) is 20.2. The molecule has 7 heteroatoms. The van der Waals surface area contributed by atoms with E-state index >= 15 is 0 Å². The molecule has 2 N–H and O–H groups in total. The lowest BCUT2D eigenvalue weighted by Crippen LogP contribution is -2.56. The Kier molecular flexibility index (Phi) is 7.53. The second-order valence-corrected chi connectivity index (χ2v) is 10.9. The first kappa shape index (κ1) is 24.6. The Labute approximate surface area is 195 Å². The van der Waals surface area contributed by atoms with Gasteiger partial charge in [0.1, 0.15) is 6.04 Å². The number of hydrogen-bond donors (Lipinski definition) is 2. The third kappa shape index (κ3) is 5.45. The van der Waals surface area contributed by atoms with E-state index in [1.54, 1.807) is 0 Å². The Bertz CT molecular complexity index is 852. The number of amides is 2. The number of halogens is 1. The van der Waals surface area contributed by atoms with Gasteiger partial charge in [0.05, 0.1) is 5.92 Å². The zero-order valence-electron chi connectivity index (χ0n) is 19.4. The number of carbonyl (C=O) groups is 3. The molecule has 0 aromatic heterocycles. The lowest BCUT2D eigenvalue weighted by Gasteiger charge is -2.46. The predicted molar refractivity (Wildman–Crippen MR) is 124 cm³/mol. The minimum atomic E-state index is -0.845. The Balaban J connectivity index is 1.66. The summed E-state index contributed by atoms with van der Waals surface area (Å²) in [6.07, 6.45) is 2.27. The normalized spacial score (nSPS) is 26.1. The fourth-order valence-electron chi connectivity index (χ4n) is 5.28. The number of aliphatic carboxylic acids is 1. The van der Waals surface area contributed by atoms with E-state index in [0.717, 1.165) is 6.42 Å². The van der Waals surface area contributed by atoms with E-state index in [4.69, 9.17) is 11.6 Å². The molecule has 176 valence electrons. The van der Waals surface area contributed by atoms with Gasteiger partial charge in [-0.15, -0.1) is 0 Å². The molecule has 32 heavy (non-hydrogen) atoms. The van der Waals surface area contributed by atoms with Crippen molar-refractivity contribution in [2.75, 3.05) is 13.1 Å². The number of carboxylic acid groups (broad SMARTS) is 1. The summed E-state index contributed by atoms with van der Waals surface area (Å²) >= 11 is 6.05. The molecule has 0 radical (unpaired) electrons. The highest BCUT2D eigenvalue weighted by Gasteiger charge is 2.41. The van der Waals surface area contributed by atoms with Gasteiger partial charge in [-0.25, -0.2) is 0 Å². The highest BCUT2D eigenvalue weighted by molar-refractivity contribution is 6.30. The Hall–Kier alpha value is -2.08. The molecule has 0 spiro atoms. The Morgan fingerprint density at radius 1 is 1.09 bits per heavy atom. The smallest absolute Gasteiger partial charge is 0.306 e. The standard InChI is InChI=1S/C25H35ClN2O4/c1-15(2)21(27-22(29)17-5-6-18(13-17)24(31)32)23(30)28-12-11-20(25(3,4)14-28)16-7-9-19(26)10-8-16/h7-10,15,17-18,20-21H,5-6,11-14H2,1-4H3,(H,27,29)(H,31,32)/t17?,18?,20?,21-/m1/s1. The van der Waals surface area contributed by atoms with E-state index in [1.807, 2.05) is 30.9 Å². The van der Waals surface area contributed by atoms with Gasteiger partial charge in [0.2, 0.25) is 11.8 Å². The van der Waals surface area contributed by atoms with Gasteiger partial charge >= 0.3 is 5.97 Å². The van der Waals surface area contributed by atoms with Crippen LogP contribution in [-0.4, -0.2) is 46.9 Å². The van der Waals surface area contributed by atoms with Crippen LogP contribution >= 0.6 is 11.6 Å². The first-order valence-electron chi connectivity index (χ1n) is 11.6. The van der Waals surface area contributed by atoms with Crippen molar-refractivity contribution in [2.24, 2.45) is 23.2 Å². The van der Waals surface area contributed by atoms with Crippen LogP contribution in [0.2, 0.25) is 5.02 Å². The summed E-state index contributed by atoms with van der Waals surface area (Å²) in [5.74, 6) is -1.63. The highest BCUT2D eigenvalue weighted by Crippen LogP contribution is 2.42. The molecule has 1 saturated carbocycles. The monoisotopic (exact) mass is 462 g/mol. The molecule has 2 aliphatic rings. The number of nitrogens with zero attached hydrogens (tertiary/aromatic N) is 1. The summed E-state index contributed by atoms with van der Waals surface area (Å²) in [4.78, 5) is 39.4. The summed E-state index contributed by atoms with van der Waals surface area (Å²) in [6, 6.07) is 7.35. The van der Waals surface area contributed by atoms with Crippen LogP contribution in [0.4, 0.5) is 0 Å². The lowest BCUT2D eigenvalue weighted by molar-refractivity contribution is -0.143. The minimum absolute atomic E-state index is 0.0521. The summed E-state index contributed by atoms with van der Waals surface area (Å²) < 4.78 is 0. The maximum atomic E-state index is 13.4. The second kappa shape index (κ2) is 9.82. The summed E-state index contributed by atoms with van der Waals surface area (Å²) in [5, 5.41) is 12.9. The zero-order chi connectivity index (χ0) is 23.6. The summed E-state index contributed by atoms with van der Waals surface area (Å²) in [7, 11) is 0. The number of hydrogen-bond acceptors (Lipinski definition) is 3. The van der Waals surface area contributed by atoms with E-state index in [9.17, 15) is 19.5 Å². The molecule has 1 aromatic carbocycles. The number of piperidine rings is 1. The minimum Gasteiger partial charge on any atom is -0.481 e. The number of benzene rings is 1. The van der Waals surface area contributed by atoms with Crippen molar-refractivity contribution >= 4 is 29.4 Å². The summed E-state index contributed by atoms with van der Waals surface area (Å²) in [5.41, 5.74) is 1.11. The number of likely N-dealkylation sites (tertiary alicyclic amines) is 1. The molecule has 1 aliphatic carbocycles. The van der Waals surface area contributed by atoms with E-state index in [1.165, 1.54) is 5.56 Å². The predicted octanol–water partition coefficient (Wildman–Crippen LogP) is 4.32. The van der Waals surface area contributed by atoms with Gasteiger partial charge in [0.15, 0.2) is 0 Å². The van der Waals surface area contributed by atoms with Gasteiger partial charge in [0, 0.05) is 24.0 Å². The molecule has 3 unspecified atom stereocenters. The molecule has 0 bridgehead atoms. The summed E-state index contributed by atoms with van der Waals surface area (Å²) in [6.45, 7) is 9.48. The maximum absolute atomic E-state index is 13.4. The average Bonchev–Trinajstić information content (AvgIpc) is 3.22. The van der Waals surface area contributed by atoms with Crippen molar-refractivity contribution < 1.29 is 19.5 Å². The van der Waals surface area contributed by atoms with Gasteiger partial charge in [-0.3, -0.25) is 14.4 Å². The molecule has 1 aromatic rings. The molecular formula is C25H35ClN2O4. The number of rotatable bonds is 6. The van der Waals surface area contributed by atoms with Crippen molar-refractivity contribution in [1.82, 2.24) is 10.2 Å². The number of nitrogens with one attached hydrogen (secondary N) is 1. The van der Waals surface area contributed by atoms with Gasteiger partial charge in [-0.05, 0) is 60.6 Å². The van der Waals surface area contributed by atoms with E-state index in [0.29, 0.717) is 43.3 Å². The van der Waals surface area contributed by atoms with Crippen LogP contribution in [0.1, 0.15) is 64.9 Å². The SMILES string of the molecule is CC(C)[C@@H](NC(=O)C1CCC(C(=O)O)C1)C(=O)N1CCC(c2ccc(Cl)cc2)C(C)(C)C1. The first-order chi connectivity index (χ1) is 15.0. The first-order valence-corrected chi connectivity index (χ1v) is 11.9. The van der Waals surface area contributed by atoms with Crippen LogP contribution in [0.3, 0.4) is 0 Å². The molecule has 4 atom stereocenters. The Morgan fingerprint density at radius 2 is 1.72 bits per heavy atom. The van der Waals surface area contributed by atoms with Crippen molar-refractivity contribution in [2.45, 2.75) is 65.3 Å². The topological polar surface area (TPSA) is 86.7 Å². The second-order valence-electron chi connectivity index (χ2n) is 10.4. The maximum Gasteiger partial charge on any atom is 0.306 e. The van der Waals surface area contributed by atoms with Crippen molar-refractivity contribution in [3.8, 4) is 0 Å². The van der Waals surface area contributed by atoms with Crippen LogP contribution in [0.5, 0.6) is 0 Å². The fraction of sp³-hybridized carbons (Fsp3) is 0.640. The number of carboxylic acids is 1. The van der Waals surface area contributed by atoms with Crippen LogP contribution in [0, 0.1) is 23.2 Å². The van der Waals surface area contributed by atoms with Crippen LogP contribution in [0.15, 0.2) is 24.3 Å². The van der Waals surface area contributed by atoms with E-state index in [-0.39, 0.29) is 29.1 Å². The third-order valence-electron chi connectivity index (χ3n) is 7.20. The molecule has 1 heterocycles. The molecule has 1 aliphatic heterocycles. The fourth-order valence-corrected chi connectivity index (χ4v) is 5.41. The quantitative estimate of drug-likeness (QED) is 0.659. The molecule has 3 rings (SSSR count). The van der Waals surface area contributed by atoms with Crippen molar-refractivity contribution in [1.29, 1.82) is 0 Å². The van der Waals surface area contributed by atoms with E-state index < -0.39 is 17.9 Å². The number of carbonyl (C=O) groups excluding carboxylic acids is 2.